The largest absolute Gasteiger partial charge is 0.481 e. The van der Waals surface area contributed by atoms with Crippen LogP contribution < -0.4 is 19.7 Å². The van der Waals surface area contributed by atoms with Gasteiger partial charge in [-0.25, -0.2) is 0 Å². The molecule has 1 saturated heterocycles. The van der Waals surface area contributed by atoms with Crippen LogP contribution in [0.5, 0.6) is 0 Å². The molecule has 70 heavy (non-hydrogen) atoms. The minimum Gasteiger partial charge on any atom is -0.481 e. The third-order valence-corrected chi connectivity index (χ3v) is 20.1. The van der Waals surface area contributed by atoms with Crippen LogP contribution in [-0.2, 0) is 28.0 Å². The Balaban J connectivity index is 1.03. The lowest BCUT2D eigenvalue weighted by Gasteiger charge is -2.35. The van der Waals surface area contributed by atoms with Crippen molar-refractivity contribution in [1.29, 1.82) is 0 Å². The van der Waals surface area contributed by atoms with E-state index in [4.69, 9.17) is 12.2 Å². The molecule has 1 amide bonds. The minimum absolute atomic E-state index is 0.125. The molecule has 3 aliphatic rings. The molecule has 0 bridgehead atoms. The summed E-state index contributed by atoms with van der Waals surface area (Å²) in [6.45, 7) is 16.7. The molecule has 14 heteroatoms. The molecule has 9 rings (SSSR count). The van der Waals surface area contributed by atoms with Gasteiger partial charge in [-0.15, -0.1) is 23.1 Å². The molecule has 7 atom stereocenters. The zero-order valence-electron chi connectivity index (χ0n) is 41.3. The van der Waals surface area contributed by atoms with E-state index in [9.17, 15) is 29.4 Å². The van der Waals surface area contributed by atoms with Crippen molar-refractivity contribution in [2.75, 3.05) is 11.4 Å². The quantitative estimate of drug-likeness (QED) is 0.0759. The first kappa shape index (κ1) is 49.8. The van der Waals surface area contributed by atoms with Crippen LogP contribution >= 0.6 is 47.1 Å². The average molecular weight is 1020 g/mol. The van der Waals surface area contributed by atoms with E-state index in [0.717, 1.165) is 63.9 Å². The number of nitrogens with zero attached hydrogens (tertiary/aromatic N) is 4. The van der Waals surface area contributed by atoms with E-state index < -0.39 is 35.9 Å². The van der Waals surface area contributed by atoms with Gasteiger partial charge in [-0.05, 0) is 119 Å². The summed E-state index contributed by atoms with van der Waals surface area (Å²) >= 11 is 9.75. The van der Waals surface area contributed by atoms with Crippen LogP contribution in [0.15, 0.2) is 88.6 Å². The van der Waals surface area contributed by atoms with Crippen molar-refractivity contribution in [2.24, 2.45) is 36.6 Å². The van der Waals surface area contributed by atoms with Gasteiger partial charge in [0.15, 0.2) is 0 Å². The lowest BCUT2D eigenvalue weighted by atomic mass is 9.84. The Kier molecular flexibility index (Phi) is 13.8. The lowest BCUT2D eigenvalue weighted by molar-refractivity contribution is -0.143. The van der Waals surface area contributed by atoms with Crippen molar-refractivity contribution in [1.82, 2.24) is 14.0 Å². The number of carboxylic acids is 2. The van der Waals surface area contributed by atoms with Gasteiger partial charge in [-0.2, -0.15) is 0 Å². The van der Waals surface area contributed by atoms with Gasteiger partial charge >= 0.3 is 11.9 Å². The minimum atomic E-state index is -1.20. The first-order chi connectivity index (χ1) is 33.3. The summed E-state index contributed by atoms with van der Waals surface area (Å²) in [5.41, 5.74) is 8.63. The summed E-state index contributed by atoms with van der Waals surface area (Å²) in [6, 6.07) is 29.4. The topological polar surface area (TPSA) is 125 Å². The normalized spacial score (nSPS) is 20.3. The molecule has 2 N–H and O–H groups in total. The molecule has 0 radical (unpaired) electrons. The SMILES string of the molecule is CCC(C)C(C)C(C)(C)Sc1ccc(-c2ccc3c(c2)c2cc(N4c5ccc(/C=c6\s/c(=C7/SC(=S)N(CC(C)C(C)C(C)C(=O)O)C7=O)n(CC(=O)O)c6=O)cc5C5CCCC54)ccc2n3C)cc1. The lowest BCUT2D eigenvalue weighted by Crippen LogP contribution is -2.38. The van der Waals surface area contributed by atoms with Gasteiger partial charge in [0.1, 0.15) is 20.4 Å². The van der Waals surface area contributed by atoms with Crippen LogP contribution in [0.25, 0.3) is 43.9 Å². The van der Waals surface area contributed by atoms with Gasteiger partial charge in [0.05, 0.1) is 10.5 Å². The number of hydrogen-bond acceptors (Lipinski definition) is 9. The molecule has 10 nitrogen and oxygen atoms in total. The van der Waals surface area contributed by atoms with E-state index in [-0.39, 0.29) is 43.1 Å². The van der Waals surface area contributed by atoms with Crippen LogP contribution in [0.1, 0.15) is 98.1 Å². The van der Waals surface area contributed by atoms with Gasteiger partial charge in [0, 0.05) is 68.4 Å². The van der Waals surface area contributed by atoms with Crippen molar-refractivity contribution >= 4 is 113 Å². The number of aromatic nitrogens is 2. The number of benzene rings is 4. The van der Waals surface area contributed by atoms with Crippen LogP contribution in [0, 0.1) is 29.6 Å². The van der Waals surface area contributed by atoms with Crippen molar-refractivity contribution in [2.45, 2.75) is 109 Å². The zero-order valence-corrected chi connectivity index (χ0v) is 44.6. The van der Waals surface area contributed by atoms with Gasteiger partial charge < -0.3 is 19.7 Å². The van der Waals surface area contributed by atoms with Crippen LogP contribution in [0.4, 0.5) is 11.4 Å². The summed E-state index contributed by atoms with van der Waals surface area (Å²) in [4.78, 5) is 57.3. The summed E-state index contributed by atoms with van der Waals surface area (Å²) in [5, 5.41) is 21.9. The van der Waals surface area contributed by atoms with Crippen LogP contribution in [0.3, 0.4) is 0 Å². The number of carbonyl (C=O) groups is 3. The molecular formula is C56H62N4O6S4. The molecule has 7 unspecified atom stereocenters. The average Bonchev–Trinajstić information content (AvgIpc) is 4.13. The molecular weight excluding hydrogens is 953 g/mol. The summed E-state index contributed by atoms with van der Waals surface area (Å²) in [5.74, 6) is -2.02. The molecule has 366 valence electrons. The number of aryl methyl sites for hydroxylation is 1. The monoisotopic (exact) mass is 1010 g/mol. The Bertz CT molecular complexity index is 3280. The Morgan fingerprint density at radius 3 is 2.26 bits per heavy atom. The number of carbonyl (C=O) groups excluding carboxylic acids is 1. The number of fused-ring (bicyclic) bond motifs is 6. The number of thiocarbonyl (C=S) groups is 1. The van der Waals surface area contributed by atoms with Crippen molar-refractivity contribution < 1.29 is 24.6 Å². The molecule has 2 aliphatic heterocycles. The molecule has 2 fully saturated rings. The van der Waals surface area contributed by atoms with Gasteiger partial charge in [-0.3, -0.25) is 28.6 Å². The number of amides is 1. The van der Waals surface area contributed by atoms with Crippen LogP contribution in [-0.4, -0.2) is 63.7 Å². The Labute approximate surface area is 427 Å². The highest BCUT2D eigenvalue weighted by molar-refractivity contribution is 8.30. The summed E-state index contributed by atoms with van der Waals surface area (Å²) in [7, 11) is 2.14. The fourth-order valence-corrected chi connectivity index (χ4v) is 14.8. The number of hydrogen-bond donors (Lipinski definition) is 2. The molecule has 4 heterocycles. The second-order valence-electron chi connectivity index (χ2n) is 20.5. The Hall–Kier alpha value is -5.15. The van der Waals surface area contributed by atoms with Crippen molar-refractivity contribution in [3.63, 3.8) is 0 Å². The highest BCUT2D eigenvalue weighted by Crippen LogP contribution is 2.53. The van der Waals surface area contributed by atoms with E-state index in [1.54, 1.807) is 13.0 Å². The maximum Gasteiger partial charge on any atom is 0.323 e. The van der Waals surface area contributed by atoms with Crippen molar-refractivity contribution in [3.8, 4) is 11.1 Å². The first-order valence-corrected chi connectivity index (χ1v) is 27.3. The maximum absolute atomic E-state index is 14.1. The Morgan fingerprint density at radius 2 is 1.57 bits per heavy atom. The highest BCUT2D eigenvalue weighted by atomic mass is 32.2. The van der Waals surface area contributed by atoms with Gasteiger partial charge in [-0.1, -0.05) is 116 Å². The predicted molar refractivity (Wildman–Crippen MR) is 293 cm³/mol. The third kappa shape index (κ3) is 9.07. The van der Waals surface area contributed by atoms with E-state index in [0.29, 0.717) is 22.3 Å². The van der Waals surface area contributed by atoms with Crippen LogP contribution in [0.2, 0.25) is 0 Å². The van der Waals surface area contributed by atoms with Gasteiger partial charge in [0.25, 0.3) is 11.5 Å². The smallest absolute Gasteiger partial charge is 0.323 e. The number of thioether (sulfide) groups is 2. The first-order valence-electron chi connectivity index (χ1n) is 24.5. The third-order valence-electron chi connectivity index (χ3n) is 16.0. The van der Waals surface area contributed by atoms with E-state index in [1.165, 1.54) is 54.7 Å². The van der Waals surface area contributed by atoms with E-state index in [1.807, 2.05) is 31.7 Å². The molecule has 4 aromatic carbocycles. The molecule has 2 aromatic heterocycles. The van der Waals surface area contributed by atoms with Crippen molar-refractivity contribution in [3.05, 3.63) is 110 Å². The Morgan fingerprint density at radius 1 is 0.886 bits per heavy atom. The molecule has 6 aromatic rings. The molecule has 1 saturated carbocycles. The molecule has 1 aliphatic carbocycles. The highest BCUT2D eigenvalue weighted by Gasteiger charge is 2.43. The number of aliphatic carboxylic acids is 2. The fraction of sp³-hybridized carbons (Fsp3) is 0.411. The molecule has 0 spiro atoms. The van der Waals surface area contributed by atoms with E-state index >= 15 is 0 Å². The standard InChI is InChI=1S/C56H62N4O6S4/c1-10-30(2)34(6)56(7,8)70-39-19-15-36(16-20-39)37-17-22-44-42(26-37)43-27-38(18-23-45(43)57(44)9)60-46-13-11-12-40(46)41-24-35(14-21-47(41)60)25-48-51(63)58(29-49(61)62)53(68-48)50-52(64)59(55(67)69-50)28-31(3)32(4)33(5)54(65)66/h14-27,30-34,40,46H,10-13,28-29H2,1-9H3,(H,61,62)(H,65,66)/b48-25-,53-50+. The number of anilines is 2. The summed E-state index contributed by atoms with van der Waals surface area (Å²) in [6.07, 6.45) is 6.21. The second kappa shape index (κ2) is 19.5. The second-order valence-corrected chi connectivity index (χ2v) is 24.9. The number of rotatable bonds is 15. The predicted octanol–water partition coefficient (Wildman–Crippen LogP) is 11.4. The summed E-state index contributed by atoms with van der Waals surface area (Å²) < 4.78 is 4.42. The maximum atomic E-state index is 14.1. The number of carboxylic acid groups (broad SMARTS) is 2. The van der Waals surface area contributed by atoms with Gasteiger partial charge in [0.2, 0.25) is 0 Å². The number of thiazole rings is 1. The zero-order chi connectivity index (χ0) is 50.1. The van der Waals surface area contributed by atoms with E-state index in [2.05, 4.69) is 124 Å². The fourth-order valence-electron chi connectivity index (χ4n) is 11.0.